The lowest BCUT2D eigenvalue weighted by Crippen LogP contribution is -1.99. The molecule has 0 fully saturated rings. The highest BCUT2D eigenvalue weighted by Crippen LogP contribution is 1.93. The molecule has 0 saturated heterocycles. The van der Waals surface area contributed by atoms with E-state index in [2.05, 4.69) is 16.8 Å². The molecule has 48 valence electrons. The number of hydrogen-bond acceptors (Lipinski definition) is 3. The van der Waals surface area contributed by atoms with Crippen LogP contribution in [0.5, 0.6) is 0 Å². The van der Waals surface area contributed by atoms with Gasteiger partial charge in [0.1, 0.15) is 6.33 Å². The number of nitrogens with two attached hydrogens (primary N) is 1. The standard InChI is InChI=1S/C5H8N4/c1-2-3-9-4-7-8-5(9)6/h2,4H,1,3H2,(H2,6,8). The third-order valence-corrected chi connectivity index (χ3v) is 0.971. The van der Waals surface area contributed by atoms with E-state index >= 15 is 0 Å². The van der Waals surface area contributed by atoms with Crippen molar-refractivity contribution in [1.29, 1.82) is 0 Å². The molecule has 1 aromatic heterocycles. The minimum absolute atomic E-state index is 0.426. The van der Waals surface area contributed by atoms with Crippen LogP contribution < -0.4 is 5.73 Å². The fourth-order valence-electron chi connectivity index (χ4n) is 0.544. The first kappa shape index (κ1) is 5.81. The van der Waals surface area contributed by atoms with Crippen molar-refractivity contribution in [2.24, 2.45) is 0 Å². The Balaban J connectivity index is 2.80. The summed E-state index contributed by atoms with van der Waals surface area (Å²) in [6.07, 6.45) is 3.30. The summed E-state index contributed by atoms with van der Waals surface area (Å²) in [4.78, 5) is 0. The Morgan fingerprint density at radius 1 is 1.89 bits per heavy atom. The van der Waals surface area contributed by atoms with Crippen molar-refractivity contribution in [2.45, 2.75) is 6.54 Å². The zero-order valence-electron chi connectivity index (χ0n) is 4.99. The van der Waals surface area contributed by atoms with E-state index < -0.39 is 0 Å². The maximum Gasteiger partial charge on any atom is 0.222 e. The van der Waals surface area contributed by atoms with Crippen LogP contribution in [-0.4, -0.2) is 14.8 Å². The molecule has 4 heteroatoms. The van der Waals surface area contributed by atoms with Crippen molar-refractivity contribution >= 4 is 5.95 Å². The predicted octanol–water partition coefficient (Wildman–Crippen LogP) is 0.0463. The van der Waals surface area contributed by atoms with E-state index in [-0.39, 0.29) is 0 Å². The van der Waals surface area contributed by atoms with Gasteiger partial charge >= 0.3 is 0 Å². The molecule has 0 saturated carbocycles. The Morgan fingerprint density at radius 3 is 3.11 bits per heavy atom. The van der Waals surface area contributed by atoms with Crippen LogP contribution in [0.4, 0.5) is 5.95 Å². The molecule has 0 aliphatic carbocycles. The number of nitrogens with zero attached hydrogens (tertiary/aromatic N) is 3. The number of rotatable bonds is 2. The molecule has 0 aromatic carbocycles. The van der Waals surface area contributed by atoms with E-state index in [0.717, 1.165) is 0 Å². The molecule has 0 aliphatic heterocycles. The molecule has 0 aliphatic rings. The van der Waals surface area contributed by atoms with Gasteiger partial charge in [-0.2, -0.15) is 0 Å². The predicted molar refractivity (Wildman–Crippen MR) is 34.6 cm³/mol. The average molecular weight is 124 g/mol. The molecule has 0 unspecified atom stereocenters. The molecule has 1 rings (SSSR count). The van der Waals surface area contributed by atoms with Gasteiger partial charge in [-0.3, -0.25) is 4.57 Å². The third kappa shape index (κ3) is 1.07. The maximum atomic E-state index is 5.37. The molecule has 0 bridgehead atoms. The topological polar surface area (TPSA) is 56.7 Å². The largest absolute Gasteiger partial charge is 0.368 e. The second-order valence-corrected chi connectivity index (χ2v) is 1.63. The molecule has 0 spiro atoms. The highest BCUT2D eigenvalue weighted by atomic mass is 15.3. The summed E-state index contributed by atoms with van der Waals surface area (Å²) in [5.74, 6) is 0.426. The SMILES string of the molecule is C=CCn1cnnc1N. The summed E-state index contributed by atoms with van der Waals surface area (Å²) >= 11 is 0. The summed E-state index contributed by atoms with van der Waals surface area (Å²) in [5.41, 5.74) is 5.37. The Kier molecular flexibility index (Phi) is 1.48. The highest BCUT2D eigenvalue weighted by molar-refractivity contribution is 5.13. The number of aromatic nitrogens is 3. The molecule has 9 heavy (non-hydrogen) atoms. The minimum Gasteiger partial charge on any atom is -0.368 e. The lowest BCUT2D eigenvalue weighted by Gasteiger charge is -1.94. The molecule has 0 radical (unpaired) electrons. The molecule has 1 heterocycles. The fraction of sp³-hybridized carbons (Fsp3) is 0.200. The van der Waals surface area contributed by atoms with Gasteiger partial charge in [0.15, 0.2) is 0 Å². The van der Waals surface area contributed by atoms with Gasteiger partial charge in [0.05, 0.1) is 0 Å². The van der Waals surface area contributed by atoms with Crippen LogP contribution >= 0.6 is 0 Å². The van der Waals surface area contributed by atoms with Crippen molar-refractivity contribution < 1.29 is 0 Å². The molecular formula is C5H8N4. The maximum absolute atomic E-state index is 5.37. The van der Waals surface area contributed by atoms with Crippen LogP contribution in [0, 0.1) is 0 Å². The van der Waals surface area contributed by atoms with Crippen LogP contribution in [0.1, 0.15) is 0 Å². The van der Waals surface area contributed by atoms with Gasteiger partial charge < -0.3 is 5.73 Å². The van der Waals surface area contributed by atoms with E-state index in [4.69, 9.17) is 5.73 Å². The second-order valence-electron chi connectivity index (χ2n) is 1.63. The lowest BCUT2D eigenvalue weighted by atomic mass is 10.6. The van der Waals surface area contributed by atoms with Gasteiger partial charge in [0.2, 0.25) is 5.95 Å². The summed E-state index contributed by atoms with van der Waals surface area (Å²) in [6.45, 7) is 4.21. The second kappa shape index (κ2) is 2.30. The van der Waals surface area contributed by atoms with E-state index in [0.29, 0.717) is 12.5 Å². The molecule has 0 atom stereocenters. The van der Waals surface area contributed by atoms with Crippen molar-refractivity contribution in [3.8, 4) is 0 Å². The van der Waals surface area contributed by atoms with Gasteiger partial charge in [-0.1, -0.05) is 6.08 Å². The Labute approximate surface area is 53.0 Å². The van der Waals surface area contributed by atoms with Crippen molar-refractivity contribution in [3.05, 3.63) is 19.0 Å². The van der Waals surface area contributed by atoms with Gasteiger partial charge in [-0.05, 0) is 0 Å². The van der Waals surface area contributed by atoms with Crippen LogP contribution in [0.3, 0.4) is 0 Å². The quantitative estimate of drug-likeness (QED) is 0.566. The van der Waals surface area contributed by atoms with E-state index in [9.17, 15) is 0 Å². The molecule has 4 nitrogen and oxygen atoms in total. The average Bonchev–Trinajstić information content (AvgIpc) is 2.18. The Bertz CT molecular complexity index is 202. The van der Waals surface area contributed by atoms with Gasteiger partial charge in [-0.15, -0.1) is 16.8 Å². The van der Waals surface area contributed by atoms with E-state index in [1.807, 2.05) is 0 Å². The first-order valence-corrected chi connectivity index (χ1v) is 2.59. The first-order valence-electron chi connectivity index (χ1n) is 2.59. The number of anilines is 1. The minimum atomic E-state index is 0.426. The Hall–Kier alpha value is -1.32. The molecule has 0 amide bonds. The molecule has 1 aromatic rings. The van der Waals surface area contributed by atoms with Crippen LogP contribution in [0.2, 0.25) is 0 Å². The monoisotopic (exact) mass is 124 g/mol. The van der Waals surface area contributed by atoms with Crippen LogP contribution in [0.25, 0.3) is 0 Å². The van der Waals surface area contributed by atoms with Crippen molar-refractivity contribution in [2.75, 3.05) is 5.73 Å². The number of allylic oxidation sites excluding steroid dienone is 1. The Morgan fingerprint density at radius 2 is 2.67 bits per heavy atom. The third-order valence-electron chi connectivity index (χ3n) is 0.971. The van der Waals surface area contributed by atoms with Crippen LogP contribution in [0.15, 0.2) is 19.0 Å². The summed E-state index contributed by atoms with van der Waals surface area (Å²) in [7, 11) is 0. The zero-order valence-corrected chi connectivity index (χ0v) is 4.99. The number of hydrogen-bond donors (Lipinski definition) is 1. The summed E-state index contributed by atoms with van der Waals surface area (Å²) < 4.78 is 1.70. The van der Waals surface area contributed by atoms with Crippen LogP contribution in [-0.2, 0) is 6.54 Å². The molecular weight excluding hydrogens is 116 g/mol. The fourth-order valence-corrected chi connectivity index (χ4v) is 0.544. The van der Waals surface area contributed by atoms with Gasteiger partial charge in [-0.25, -0.2) is 0 Å². The van der Waals surface area contributed by atoms with Crippen molar-refractivity contribution in [1.82, 2.24) is 14.8 Å². The van der Waals surface area contributed by atoms with Crippen molar-refractivity contribution in [3.63, 3.8) is 0 Å². The summed E-state index contributed by atoms with van der Waals surface area (Å²) in [6, 6.07) is 0. The van der Waals surface area contributed by atoms with E-state index in [1.54, 1.807) is 17.0 Å². The smallest absolute Gasteiger partial charge is 0.222 e. The first-order chi connectivity index (χ1) is 4.34. The van der Waals surface area contributed by atoms with Gasteiger partial charge in [0.25, 0.3) is 0 Å². The lowest BCUT2D eigenvalue weighted by molar-refractivity contribution is 0.831. The summed E-state index contributed by atoms with van der Waals surface area (Å²) in [5, 5.41) is 7.16. The number of nitrogen functional groups attached to an aromatic ring is 1. The molecule has 2 N–H and O–H groups in total. The normalized spacial score (nSPS) is 9.33. The zero-order chi connectivity index (χ0) is 6.69. The van der Waals surface area contributed by atoms with E-state index in [1.165, 1.54) is 0 Å². The van der Waals surface area contributed by atoms with Gasteiger partial charge in [0, 0.05) is 6.54 Å². The highest BCUT2D eigenvalue weighted by Gasteiger charge is 1.92.